The number of alkyl halides is 3. The van der Waals surface area contributed by atoms with E-state index in [2.05, 4.69) is 10.3 Å². The van der Waals surface area contributed by atoms with E-state index in [4.69, 9.17) is 0 Å². The first-order valence-corrected chi connectivity index (χ1v) is 5.48. The molecule has 1 aromatic rings. The Kier molecular flexibility index (Phi) is 3.24. The van der Waals surface area contributed by atoms with Crippen molar-refractivity contribution in [2.75, 3.05) is 24.5 Å². The highest BCUT2D eigenvalue weighted by atomic mass is 19.4. The third kappa shape index (κ3) is 2.88. The van der Waals surface area contributed by atoms with E-state index in [1.54, 1.807) is 6.07 Å². The van der Waals surface area contributed by atoms with Crippen LogP contribution in [0.3, 0.4) is 0 Å². The molecule has 6 heteroatoms. The monoisotopic (exact) mass is 245 g/mol. The highest BCUT2D eigenvalue weighted by Crippen LogP contribution is 2.29. The fraction of sp³-hybridized carbons (Fsp3) is 0.545. The normalized spacial score (nSPS) is 21.6. The predicted molar refractivity (Wildman–Crippen MR) is 58.9 cm³/mol. The Morgan fingerprint density at radius 3 is 2.88 bits per heavy atom. The molecule has 3 nitrogen and oxygen atoms in total. The summed E-state index contributed by atoms with van der Waals surface area (Å²) < 4.78 is 37.6. The zero-order valence-electron chi connectivity index (χ0n) is 9.46. The lowest BCUT2D eigenvalue weighted by atomic mass is 10.2. The Morgan fingerprint density at radius 2 is 2.24 bits per heavy atom. The second-order valence-corrected chi connectivity index (χ2v) is 4.20. The second kappa shape index (κ2) is 4.52. The van der Waals surface area contributed by atoms with Gasteiger partial charge in [0.25, 0.3) is 0 Å². The van der Waals surface area contributed by atoms with E-state index in [0.717, 1.165) is 12.6 Å². The van der Waals surface area contributed by atoms with Crippen LogP contribution in [-0.4, -0.2) is 30.7 Å². The van der Waals surface area contributed by atoms with Crippen molar-refractivity contribution in [3.05, 3.63) is 24.0 Å². The summed E-state index contributed by atoms with van der Waals surface area (Å²) in [5.74, 6) is 0. The Bertz CT molecular complexity index is 392. The van der Waals surface area contributed by atoms with Crippen molar-refractivity contribution in [2.45, 2.75) is 19.1 Å². The highest BCUT2D eigenvalue weighted by molar-refractivity contribution is 5.47. The summed E-state index contributed by atoms with van der Waals surface area (Å²) in [7, 11) is 0. The molecule has 0 saturated carbocycles. The molecule has 1 N–H and O–H groups in total. The summed E-state index contributed by atoms with van der Waals surface area (Å²) in [5.41, 5.74) is -0.248. The van der Waals surface area contributed by atoms with Gasteiger partial charge in [0.1, 0.15) is 5.69 Å². The van der Waals surface area contributed by atoms with Gasteiger partial charge in [-0.15, -0.1) is 0 Å². The van der Waals surface area contributed by atoms with Gasteiger partial charge in [0, 0.05) is 37.6 Å². The molecule has 0 aromatic carbocycles. The number of nitrogens with zero attached hydrogens (tertiary/aromatic N) is 2. The van der Waals surface area contributed by atoms with Gasteiger partial charge in [-0.2, -0.15) is 13.2 Å². The lowest BCUT2D eigenvalue weighted by molar-refractivity contribution is -0.141. The molecule has 17 heavy (non-hydrogen) atoms. The van der Waals surface area contributed by atoms with Crippen molar-refractivity contribution in [1.82, 2.24) is 10.3 Å². The smallest absolute Gasteiger partial charge is 0.369 e. The fourth-order valence-corrected chi connectivity index (χ4v) is 1.94. The number of aromatic nitrogens is 1. The zero-order valence-corrected chi connectivity index (χ0v) is 9.46. The molecular formula is C11H14F3N3. The van der Waals surface area contributed by atoms with Gasteiger partial charge >= 0.3 is 6.18 Å². The lowest BCUT2D eigenvalue weighted by Gasteiger charge is -2.33. The minimum absolute atomic E-state index is 0.284. The standard InChI is InChI=1S/C11H14F3N3/c1-8-7-17(5-4-15-8)9-2-3-16-10(6-9)11(12,13)14/h2-3,6,8,15H,4-5,7H2,1H3/t8-/m1/s1. The van der Waals surface area contributed by atoms with E-state index in [1.165, 1.54) is 6.20 Å². The van der Waals surface area contributed by atoms with Gasteiger partial charge in [-0.1, -0.05) is 0 Å². The van der Waals surface area contributed by atoms with E-state index >= 15 is 0 Å². The summed E-state index contributed by atoms with van der Waals surface area (Å²) in [5, 5.41) is 3.25. The number of anilines is 1. The highest BCUT2D eigenvalue weighted by Gasteiger charge is 2.33. The summed E-state index contributed by atoms with van der Waals surface area (Å²) in [6.07, 6.45) is -3.17. The van der Waals surface area contributed by atoms with E-state index in [0.29, 0.717) is 18.8 Å². The number of halogens is 3. The van der Waals surface area contributed by atoms with Gasteiger partial charge < -0.3 is 10.2 Å². The lowest BCUT2D eigenvalue weighted by Crippen LogP contribution is -2.49. The van der Waals surface area contributed by atoms with Crippen LogP contribution in [0.1, 0.15) is 12.6 Å². The summed E-state index contributed by atoms with van der Waals surface area (Å²) in [6, 6.07) is 3.01. The van der Waals surface area contributed by atoms with Gasteiger partial charge in [0.15, 0.2) is 0 Å². The van der Waals surface area contributed by atoms with Crippen molar-refractivity contribution in [3.8, 4) is 0 Å². The van der Waals surface area contributed by atoms with Crippen LogP contribution >= 0.6 is 0 Å². The minimum atomic E-state index is -4.38. The molecule has 2 heterocycles. The van der Waals surface area contributed by atoms with Gasteiger partial charge in [0.2, 0.25) is 0 Å². The average molecular weight is 245 g/mol. The predicted octanol–water partition coefficient (Wildman–Crippen LogP) is 1.90. The largest absolute Gasteiger partial charge is 0.433 e. The van der Waals surface area contributed by atoms with E-state index in [-0.39, 0.29) is 6.04 Å². The van der Waals surface area contributed by atoms with Gasteiger partial charge in [-0.25, -0.2) is 0 Å². The SMILES string of the molecule is C[C@@H]1CN(c2ccnc(C(F)(F)F)c2)CCN1. The molecule has 0 spiro atoms. The third-order valence-electron chi connectivity index (χ3n) is 2.77. The summed E-state index contributed by atoms with van der Waals surface area (Å²) in [4.78, 5) is 5.30. The molecule has 94 valence electrons. The van der Waals surface area contributed by atoms with Crippen LogP contribution in [0.2, 0.25) is 0 Å². The summed E-state index contributed by atoms with van der Waals surface area (Å²) >= 11 is 0. The number of rotatable bonds is 1. The van der Waals surface area contributed by atoms with Gasteiger partial charge in [-0.3, -0.25) is 4.98 Å². The summed E-state index contributed by atoms with van der Waals surface area (Å²) in [6.45, 7) is 4.22. The number of piperazine rings is 1. The second-order valence-electron chi connectivity index (χ2n) is 4.20. The van der Waals surface area contributed by atoms with Crippen molar-refractivity contribution in [3.63, 3.8) is 0 Å². The molecule has 1 fully saturated rings. The molecule has 0 unspecified atom stereocenters. The minimum Gasteiger partial charge on any atom is -0.369 e. The first kappa shape index (κ1) is 12.2. The molecule has 0 bridgehead atoms. The van der Waals surface area contributed by atoms with Crippen molar-refractivity contribution in [2.24, 2.45) is 0 Å². The van der Waals surface area contributed by atoms with Crippen LogP contribution < -0.4 is 10.2 Å². The molecule has 1 aromatic heterocycles. The molecule has 1 aliphatic rings. The first-order chi connectivity index (χ1) is 7.97. The van der Waals surface area contributed by atoms with Crippen molar-refractivity contribution >= 4 is 5.69 Å². The molecule has 0 amide bonds. The Hall–Kier alpha value is -1.30. The van der Waals surface area contributed by atoms with Gasteiger partial charge in [0.05, 0.1) is 0 Å². The maximum absolute atomic E-state index is 12.5. The van der Waals surface area contributed by atoms with Crippen LogP contribution in [0.25, 0.3) is 0 Å². The Balaban J connectivity index is 2.21. The number of pyridine rings is 1. The number of nitrogens with one attached hydrogen (secondary N) is 1. The van der Waals surface area contributed by atoms with E-state index < -0.39 is 11.9 Å². The maximum atomic E-state index is 12.5. The third-order valence-corrected chi connectivity index (χ3v) is 2.77. The van der Waals surface area contributed by atoms with Crippen molar-refractivity contribution < 1.29 is 13.2 Å². The van der Waals surface area contributed by atoms with E-state index in [9.17, 15) is 13.2 Å². The van der Waals surface area contributed by atoms with E-state index in [1.807, 2.05) is 11.8 Å². The molecule has 1 saturated heterocycles. The van der Waals surface area contributed by atoms with Crippen LogP contribution in [0.15, 0.2) is 18.3 Å². The molecule has 1 aliphatic heterocycles. The topological polar surface area (TPSA) is 28.2 Å². The number of hydrogen-bond acceptors (Lipinski definition) is 3. The average Bonchev–Trinajstić information content (AvgIpc) is 2.28. The zero-order chi connectivity index (χ0) is 12.5. The maximum Gasteiger partial charge on any atom is 0.433 e. The number of hydrogen-bond donors (Lipinski definition) is 1. The quantitative estimate of drug-likeness (QED) is 0.819. The molecule has 2 rings (SSSR count). The Labute approximate surface area is 97.6 Å². The molecular weight excluding hydrogens is 231 g/mol. The van der Waals surface area contributed by atoms with Crippen LogP contribution in [-0.2, 0) is 6.18 Å². The molecule has 0 aliphatic carbocycles. The molecule has 0 radical (unpaired) electrons. The van der Waals surface area contributed by atoms with Crippen molar-refractivity contribution in [1.29, 1.82) is 0 Å². The van der Waals surface area contributed by atoms with Crippen LogP contribution in [0.4, 0.5) is 18.9 Å². The fourth-order valence-electron chi connectivity index (χ4n) is 1.94. The Morgan fingerprint density at radius 1 is 1.47 bits per heavy atom. The first-order valence-electron chi connectivity index (χ1n) is 5.48. The van der Waals surface area contributed by atoms with Crippen LogP contribution in [0.5, 0.6) is 0 Å². The molecule has 1 atom stereocenters. The van der Waals surface area contributed by atoms with Gasteiger partial charge in [-0.05, 0) is 19.1 Å². The van der Waals surface area contributed by atoms with Crippen LogP contribution in [0, 0.1) is 0 Å².